The lowest BCUT2D eigenvalue weighted by molar-refractivity contribution is 0.0762. The summed E-state index contributed by atoms with van der Waals surface area (Å²) in [4.78, 5) is 0. The van der Waals surface area contributed by atoms with Crippen LogP contribution in [0.25, 0.3) is 0 Å². The third-order valence-electron chi connectivity index (χ3n) is 2.67. The van der Waals surface area contributed by atoms with E-state index >= 15 is 0 Å². The van der Waals surface area contributed by atoms with Crippen LogP contribution in [0.3, 0.4) is 0 Å². The van der Waals surface area contributed by atoms with Crippen LogP contribution in [0.5, 0.6) is 0 Å². The lowest BCUT2D eigenvalue weighted by Gasteiger charge is -2.21. The highest BCUT2D eigenvalue weighted by atomic mass is 16.5. The van der Waals surface area contributed by atoms with Crippen molar-refractivity contribution in [3.63, 3.8) is 0 Å². The number of nitrogens with one attached hydrogen (secondary N) is 1. The molecule has 13 heavy (non-hydrogen) atoms. The van der Waals surface area contributed by atoms with E-state index in [0.29, 0.717) is 18.7 Å². The van der Waals surface area contributed by atoms with Crippen molar-refractivity contribution in [2.24, 2.45) is 0 Å². The molecule has 3 nitrogen and oxygen atoms in total. The zero-order chi connectivity index (χ0) is 9.68. The summed E-state index contributed by atoms with van der Waals surface area (Å²) in [7, 11) is 0. The molecule has 0 spiro atoms. The molecule has 0 bridgehead atoms. The maximum absolute atomic E-state index is 9.35. The predicted molar refractivity (Wildman–Crippen MR) is 52.7 cm³/mol. The fraction of sp³-hybridized carbons (Fsp3) is 1.00. The monoisotopic (exact) mass is 187 g/mol. The molecule has 0 radical (unpaired) electrons. The van der Waals surface area contributed by atoms with Crippen molar-refractivity contribution < 1.29 is 9.84 Å². The van der Waals surface area contributed by atoms with Gasteiger partial charge in [-0.15, -0.1) is 0 Å². The Bertz CT molecular complexity index is 135. The van der Waals surface area contributed by atoms with E-state index in [4.69, 9.17) is 4.74 Å². The van der Waals surface area contributed by atoms with Gasteiger partial charge in [-0.1, -0.05) is 6.92 Å². The summed E-state index contributed by atoms with van der Waals surface area (Å²) in [5, 5.41) is 12.6. The van der Waals surface area contributed by atoms with E-state index in [1.165, 1.54) is 6.42 Å². The van der Waals surface area contributed by atoms with Crippen molar-refractivity contribution >= 4 is 0 Å². The summed E-state index contributed by atoms with van der Waals surface area (Å²) in [6, 6.07) is 0.365. The summed E-state index contributed by atoms with van der Waals surface area (Å²) in [5.41, 5.74) is 0. The first-order chi connectivity index (χ1) is 6.24. The van der Waals surface area contributed by atoms with Crippen molar-refractivity contribution in [3.05, 3.63) is 0 Å². The van der Waals surface area contributed by atoms with E-state index in [-0.39, 0.29) is 6.10 Å². The van der Waals surface area contributed by atoms with Gasteiger partial charge < -0.3 is 15.2 Å². The van der Waals surface area contributed by atoms with Gasteiger partial charge in [0.1, 0.15) is 0 Å². The van der Waals surface area contributed by atoms with Gasteiger partial charge in [0.15, 0.2) is 0 Å². The highest BCUT2D eigenvalue weighted by molar-refractivity contribution is 4.77. The van der Waals surface area contributed by atoms with E-state index in [1.54, 1.807) is 0 Å². The molecule has 2 N–H and O–H groups in total. The average Bonchev–Trinajstić information content (AvgIpc) is 2.66. The number of hydrogen-bond donors (Lipinski definition) is 2. The minimum Gasteiger partial charge on any atom is -0.392 e. The minimum absolute atomic E-state index is 0.219. The van der Waals surface area contributed by atoms with Crippen LogP contribution in [0, 0.1) is 0 Å². The Hall–Kier alpha value is -0.120. The first kappa shape index (κ1) is 11.0. The van der Waals surface area contributed by atoms with E-state index in [2.05, 4.69) is 12.2 Å². The molecule has 3 atom stereocenters. The van der Waals surface area contributed by atoms with Gasteiger partial charge in [0, 0.05) is 19.2 Å². The second kappa shape index (κ2) is 5.58. The van der Waals surface area contributed by atoms with E-state index < -0.39 is 0 Å². The van der Waals surface area contributed by atoms with Crippen LogP contribution in [0.1, 0.15) is 33.1 Å². The normalized spacial score (nSPS) is 27.5. The highest BCUT2D eigenvalue weighted by Crippen LogP contribution is 2.15. The van der Waals surface area contributed by atoms with Crippen LogP contribution in [0.2, 0.25) is 0 Å². The van der Waals surface area contributed by atoms with Crippen LogP contribution in [0.15, 0.2) is 0 Å². The van der Waals surface area contributed by atoms with Gasteiger partial charge in [0.2, 0.25) is 0 Å². The Morgan fingerprint density at radius 2 is 2.38 bits per heavy atom. The lowest BCUT2D eigenvalue weighted by Crippen LogP contribution is -2.40. The number of hydrogen-bond acceptors (Lipinski definition) is 3. The van der Waals surface area contributed by atoms with Gasteiger partial charge in [-0.3, -0.25) is 0 Å². The van der Waals surface area contributed by atoms with E-state index in [1.807, 2.05) is 6.92 Å². The molecule has 1 aliphatic rings. The fourth-order valence-corrected chi connectivity index (χ4v) is 1.59. The number of rotatable bonds is 5. The average molecular weight is 187 g/mol. The summed E-state index contributed by atoms with van der Waals surface area (Å²) >= 11 is 0. The predicted octanol–water partition coefficient (Wildman–Crippen LogP) is 0.914. The summed E-state index contributed by atoms with van der Waals surface area (Å²) in [6.45, 7) is 5.69. The molecule has 0 aromatic carbocycles. The van der Waals surface area contributed by atoms with Crippen molar-refractivity contribution in [1.82, 2.24) is 5.32 Å². The first-order valence-electron chi connectivity index (χ1n) is 5.27. The smallest absolute Gasteiger partial charge is 0.0726 e. The zero-order valence-corrected chi connectivity index (χ0v) is 8.62. The molecule has 0 aliphatic carbocycles. The van der Waals surface area contributed by atoms with Gasteiger partial charge in [-0.25, -0.2) is 0 Å². The van der Waals surface area contributed by atoms with Crippen molar-refractivity contribution in [2.75, 3.05) is 13.2 Å². The molecule has 0 aromatic rings. The summed E-state index contributed by atoms with van der Waals surface area (Å²) < 4.78 is 5.54. The third kappa shape index (κ3) is 3.63. The Morgan fingerprint density at radius 3 is 2.92 bits per heavy atom. The molecule has 1 heterocycles. The Balaban J connectivity index is 2.12. The van der Waals surface area contributed by atoms with Gasteiger partial charge in [0.25, 0.3) is 0 Å². The van der Waals surface area contributed by atoms with Crippen molar-refractivity contribution in [2.45, 2.75) is 51.4 Å². The molecular formula is C10H21NO2. The van der Waals surface area contributed by atoms with Crippen LogP contribution < -0.4 is 5.32 Å². The second-order valence-corrected chi connectivity index (χ2v) is 3.81. The number of aliphatic hydroxyl groups excluding tert-OH is 1. The Labute approximate surface area is 80.5 Å². The molecule has 0 aromatic heterocycles. The molecule has 3 heteroatoms. The fourth-order valence-electron chi connectivity index (χ4n) is 1.59. The second-order valence-electron chi connectivity index (χ2n) is 3.81. The Kier molecular flexibility index (Phi) is 4.70. The van der Waals surface area contributed by atoms with Gasteiger partial charge in [-0.05, 0) is 26.2 Å². The molecule has 0 saturated carbocycles. The van der Waals surface area contributed by atoms with Crippen LogP contribution >= 0.6 is 0 Å². The quantitative estimate of drug-likeness (QED) is 0.672. The summed E-state index contributed by atoms with van der Waals surface area (Å²) in [5.74, 6) is 0. The maximum atomic E-state index is 9.35. The summed E-state index contributed by atoms with van der Waals surface area (Å²) in [6.07, 6.45) is 3.27. The number of ether oxygens (including phenoxy) is 1. The molecular weight excluding hydrogens is 166 g/mol. The van der Waals surface area contributed by atoms with Crippen LogP contribution in [-0.2, 0) is 4.74 Å². The number of aliphatic hydroxyl groups is 1. The first-order valence-corrected chi connectivity index (χ1v) is 5.27. The van der Waals surface area contributed by atoms with Crippen molar-refractivity contribution in [1.29, 1.82) is 0 Å². The maximum Gasteiger partial charge on any atom is 0.0726 e. The topological polar surface area (TPSA) is 41.5 Å². The SMILES string of the molecule is CCC(O)CNC(C)C1CCCO1. The minimum atomic E-state index is -0.219. The molecule has 1 rings (SSSR count). The van der Waals surface area contributed by atoms with E-state index in [9.17, 15) is 5.11 Å². The van der Waals surface area contributed by atoms with Gasteiger partial charge >= 0.3 is 0 Å². The molecule has 1 fully saturated rings. The lowest BCUT2D eigenvalue weighted by atomic mass is 10.1. The van der Waals surface area contributed by atoms with E-state index in [0.717, 1.165) is 19.4 Å². The molecule has 1 aliphatic heterocycles. The van der Waals surface area contributed by atoms with Gasteiger partial charge in [-0.2, -0.15) is 0 Å². The highest BCUT2D eigenvalue weighted by Gasteiger charge is 2.21. The van der Waals surface area contributed by atoms with Crippen LogP contribution in [-0.4, -0.2) is 36.5 Å². The third-order valence-corrected chi connectivity index (χ3v) is 2.67. The van der Waals surface area contributed by atoms with Crippen molar-refractivity contribution in [3.8, 4) is 0 Å². The molecule has 1 saturated heterocycles. The zero-order valence-electron chi connectivity index (χ0n) is 8.62. The largest absolute Gasteiger partial charge is 0.392 e. The van der Waals surface area contributed by atoms with Gasteiger partial charge in [0.05, 0.1) is 12.2 Å². The molecule has 78 valence electrons. The standard InChI is InChI=1S/C10H21NO2/c1-3-9(12)7-11-8(2)10-5-4-6-13-10/h8-12H,3-7H2,1-2H3. The molecule has 0 amide bonds. The van der Waals surface area contributed by atoms with Crippen LogP contribution in [0.4, 0.5) is 0 Å². The molecule has 3 unspecified atom stereocenters. The Morgan fingerprint density at radius 1 is 1.62 bits per heavy atom.